The van der Waals surface area contributed by atoms with Gasteiger partial charge >= 0.3 is 0 Å². The van der Waals surface area contributed by atoms with E-state index in [1.807, 2.05) is 6.07 Å². The minimum Gasteiger partial charge on any atom is -0.493 e. The van der Waals surface area contributed by atoms with Crippen molar-refractivity contribution in [2.75, 3.05) is 42.0 Å². The van der Waals surface area contributed by atoms with E-state index in [0.717, 1.165) is 53.4 Å². The molecule has 2 aliphatic heterocycles. The average molecular weight is 370 g/mol. The maximum atomic E-state index is 5.72. The van der Waals surface area contributed by atoms with E-state index in [2.05, 4.69) is 25.2 Å². The molecule has 2 aliphatic rings. The Bertz CT molecular complexity index is 879. The van der Waals surface area contributed by atoms with Gasteiger partial charge in [0.25, 0.3) is 0 Å². The summed E-state index contributed by atoms with van der Waals surface area (Å²) in [5.41, 5.74) is 5.37. The minimum absolute atomic E-state index is 0.402. The predicted octanol–water partition coefficient (Wildman–Crippen LogP) is 3.52. The smallest absolute Gasteiger partial charge is 0.169 e. The third-order valence-corrected chi connectivity index (χ3v) is 6.33. The topological polar surface area (TPSA) is 36.9 Å². The minimum atomic E-state index is 0.402. The number of benzene rings is 2. The van der Waals surface area contributed by atoms with Crippen molar-refractivity contribution in [1.82, 2.24) is 0 Å². The summed E-state index contributed by atoms with van der Waals surface area (Å²) in [6, 6.07) is 8.95. The quantitative estimate of drug-likeness (QED) is 0.772. The Morgan fingerprint density at radius 1 is 0.852 bits per heavy atom. The second-order valence-corrected chi connectivity index (χ2v) is 7.68. The van der Waals surface area contributed by atoms with Crippen LogP contribution >= 0.6 is 0 Å². The molecule has 0 fully saturated rings. The zero-order valence-electron chi connectivity index (χ0n) is 16.8. The highest BCUT2D eigenvalue weighted by molar-refractivity contribution is 5.53. The molecule has 1 unspecified atom stereocenters. The number of quaternary nitrogens is 1. The van der Waals surface area contributed by atoms with Crippen LogP contribution in [0.25, 0.3) is 0 Å². The van der Waals surface area contributed by atoms with Gasteiger partial charge in [-0.2, -0.15) is 0 Å². The second-order valence-electron chi connectivity index (χ2n) is 7.68. The molecule has 0 amide bonds. The molecule has 0 bridgehead atoms. The van der Waals surface area contributed by atoms with Crippen LogP contribution in [-0.2, 0) is 19.4 Å². The largest absolute Gasteiger partial charge is 0.493 e. The van der Waals surface area contributed by atoms with Crippen molar-refractivity contribution in [3.8, 4) is 23.0 Å². The fraction of sp³-hybridized carbons (Fsp3) is 0.455. The van der Waals surface area contributed by atoms with Gasteiger partial charge in [0.05, 0.1) is 47.6 Å². The van der Waals surface area contributed by atoms with E-state index in [0.29, 0.717) is 6.04 Å². The Labute approximate surface area is 161 Å². The van der Waals surface area contributed by atoms with Gasteiger partial charge in [0.2, 0.25) is 0 Å². The SMILES string of the molecule is COc1cc2c(cc1OC)[C@H]1Cc3ccc(OC)c(OC)c3C[N+]1(C)CC2. The van der Waals surface area contributed by atoms with Crippen molar-refractivity contribution < 1.29 is 23.4 Å². The van der Waals surface area contributed by atoms with Crippen LogP contribution in [0.1, 0.15) is 28.3 Å². The predicted molar refractivity (Wildman–Crippen MR) is 104 cm³/mol. The van der Waals surface area contributed by atoms with Gasteiger partial charge in [-0.05, 0) is 29.3 Å². The molecule has 2 aromatic rings. The normalized spacial score (nSPS) is 22.9. The summed E-state index contributed by atoms with van der Waals surface area (Å²) in [6.07, 6.45) is 2.01. The van der Waals surface area contributed by atoms with Crippen LogP contribution in [0.5, 0.6) is 23.0 Å². The van der Waals surface area contributed by atoms with Crippen molar-refractivity contribution in [1.29, 1.82) is 0 Å². The van der Waals surface area contributed by atoms with Crippen molar-refractivity contribution in [3.63, 3.8) is 0 Å². The highest BCUT2D eigenvalue weighted by atomic mass is 16.5. The van der Waals surface area contributed by atoms with Crippen LogP contribution in [0, 0.1) is 0 Å². The molecule has 0 aliphatic carbocycles. The van der Waals surface area contributed by atoms with Crippen LogP contribution in [0.3, 0.4) is 0 Å². The van der Waals surface area contributed by atoms with Crippen molar-refractivity contribution in [2.24, 2.45) is 0 Å². The summed E-state index contributed by atoms with van der Waals surface area (Å²) in [5.74, 6) is 3.31. The molecule has 2 heterocycles. The third kappa shape index (κ3) is 2.72. The lowest BCUT2D eigenvalue weighted by Gasteiger charge is -2.49. The molecule has 4 rings (SSSR count). The van der Waals surface area contributed by atoms with Gasteiger partial charge < -0.3 is 23.4 Å². The van der Waals surface area contributed by atoms with E-state index in [-0.39, 0.29) is 0 Å². The first-order chi connectivity index (χ1) is 13.0. The number of nitrogens with zero attached hydrogens (tertiary/aromatic N) is 1. The van der Waals surface area contributed by atoms with Crippen molar-refractivity contribution in [3.05, 3.63) is 46.5 Å². The standard InChI is InChI=1S/C22H28NO4/c1-23-9-8-15-11-20(25-3)21(26-4)12-16(15)18(23)10-14-6-7-19(24-2)22(27-5)17(14)13-23/h6-7,11-12,18H,8-10,13H2,1-5H3/q+1/t18-,23?/m1/s1. The summed E-state index contributed by atoms with van der Waals surface area (Å²) in [7, 11) is 9.18. The highest BCUT2D eigenvalue weighted by Crippen LogP contribution is 2.48. The lowest BCUT2D eigenvalue weighted by molar-refractivity contribution is -0.956. The molecule has 5 heteroatoms. The average Bonchev–Trinajstić information content (AvgIpc) is 2.70. The Kier molecular flexibility index (Phi) is 4.42. The molecule has 27 heavy (non-hydrogen) atoms. The molecule has 0 aromatic heterocycles. The van der Waals surface area contributed by atoms with Crippen LogP contribution in [0.15, 0.2) is 24.3 Å². The van der Waals surface area contributed by atoms with Gasteiger partial charge in [-0.15, -0.1) is 0 Å². The molecule has 2 aromatic carbocycles. The van der Waals surface area contributed by atoms with Gasteiger partial charge in [0.1, 0.15) is 12.6 Å². The van der Waals surface area contributed by atoms with Crippen LogP contribution in [0.2, 0.25) is 0 Å². The van der Waals surface area contributed by atoms with Crippen molar-refractivity contribution in [2.45, 2.75) is 25.4 Å². The summed E-state index contributed by atoms with van der Waals surface area (Å²) in [6.45, 7) is 2.03. The van der Waals surface area contributed by atoms with Gasteiger partial charge in [-0.1, -0.05) is 6.07 Å². The number of likely N-dealkylation sites (N-methyl/N-ethyl adjacent to an activating group) is 1. The van der Waals surface area contributed by atoms with E-state index < -0.39 is 0 Å². The van der Waals surface area contributed by atoms with E-state index in [9.17, 15) is 0 Å². The van der Waals surface area contributed by atoms with Gasteiger partial charge in [-0.3, -0.25) is 0 Å². The van der Waals surface area contributed by atoms with E-state index in [1.165, 1.54) is 22.3 Å². The monoisotopic (exact) mass is 370 g/mol. The number of hydrogen-bond donors (Lipinski definition) is 0. The first-order valence-electron chi connectivity index (χ1n) is 9.36. The summed E-state index contributed by atoms with van der Waals surface area (Å²) < 4.78 is 23.3. The Morgan fingerprint density at radius 2 is 1.56 bits per heavy atom. The highest BCUT2D eigenvalue weighted by Gasteiger charge is 2.44. The molecule has 2 atom stereocenters. The first-order valence-corrected chi connectivity index (χ1v) is 9.36. The Morgan fingerprint density at radius 3 is 2.22 bits per heavy atom. The number of hydrogen-bond acceptors (Lipinski definition) is 4. The van der Waals surface area contributed by atoms with Gasteiger partial charge in [0, 0.05) is 18.4 Å². The van der Waals surface area contributed by atoms with Gasteiger partial charge in [0.15, 0.2) is 23.0 Å². The summed E-state index contributed by atoms with van der Waals surface area (Å²) >= 11 is 0. The van der Waals surface area contributed by atoms with E-state index in [1.54, 1.807) is 28.4 Å². The molecular weight excluding hydrogens is 342 g/mol. The zero-order chi connectivity index (χ0) is 19.2. The molecule has 0 saturated carbocycles. The van der Waals surface area contributed by atoms with E-state index in [4.69, 9.17) is 18.9 Å². The molecule has 0 radical (unpaired) electrons. The molecule has 0 N–H and O–H groups in total. The zero-order valence-corrected chi connectivity index (χ0v) is 16.8. The maximum Gasteiger partial charge on any atom is 0.169 e. The first kappa shape index (κ1) is 18.0. The van der Waals surface area contributed by atoms with Crippen LogP contribution in [0.4, 0.5) is 0 Å². The number of fused-ring (bicyclic) bond motifs is 4. The van der Waals surface area contributed by atoms with Crippen molar-refractivity contribution >= 4 is 0 Å². The number of rotatable bonds is 4. The van der Waals surface area contributed by atoms with Gasteiger partial charge in [-0.25, -0.2) is 0 Å². The molecule has 0 saturated heterocycles. The van der Waals surface area contributed by atoms with E-state index >= 15 is 0 Å². The fourth-order valence-electron chi connectivity index (χ4n) is 4.82. The Balaban J connectivity index is 1.82. The lowest BCUT2D eigenvalue weighted by atomic mass is 9.81. The number of ether oxygens (including phenoxy) is 4. The second kappa shape index (κ2) is 6.64. The van der Waals surface area contributed by atoms with Crippen LogP contribution < -0.4 is 18.9 Å². The maximum absolute atomic E-state index is 5.72. The lowest BCUT2D eigenvalue weighted by Crippen LogP contribution is -2.53. The summed E-state index contributed by atoms with van der Waals surface area (Å²) in [5, 5.41) is 0. The Hall–Kier alpha value is -2.40. The third-order valence-electron chi connectivity index (χ3n) is 6.33. The number of methoxy groups -OCH3 is 4. The molecule has 5 nitrogen and oxygen atoms in total. The molecular formula is C22H28NO4+. The molecule has 144 valence electrons. The molecule has 0 spiro atoms. The summed E-state index contributed by atoms with van der Waals surface area (Å²) in [4.78, 5) is 0. The van der Waals surface area contributed by atoms with Crippen LogP contribution in [-0.4, -0.2) is 46.5 Å². The fourth-order valence-corrected chi connectivity index (χ4v) is 4.82.